The first-order chi connectivity index (χ1) is 22.3. The van der Waals surface area contributed by atoms with Gasteiger partial charge in [-0.3, -0.25) is 14.4 Å². The average Bonchev–Trinajstić information content (AvgIpc) is 3.07. The Morgan fingerprint density at radius 2 is 1.81 bits per heavy atom. The number of benzene rings is 2. The normalized spacial score (nSPS) is 15.1. The zero-order chi connectivity index (χ0) is 36.0. The molecule has 2 heterocycles. The van der Waals surface area contributed by atoms with Crippen molar-refractivity contribution in [2.45, 2.75) is 37.9 Å². The van der Waals surface area contributed by atoms with E-state index >= 15 is 0 Å². The maximum absolute atomic E-state index is 14.6. The van der Waals surface area contributed by atoms with Gasteiger partial charge in [0.25, 0.3) is 5.91 Å². The number of aliphatic carboxylic acids is 1. The van der Waals surface area contributed by atoms with Gasteiger partial charge >= 0.3 is 12.1 Å². The van der Waals surface area contributed by atoms with Gasteiger partial charge in [-0.1, -0.05) is 37.6 Å². The molecule has 13 nitrogen and oxygen atoms in total. The zero-order valence-electron chi connectivity index (χ0n) is 26.3. The van der Waals surface area contributed by atoms with E-state index in [1.165, 1.54) is 31.4 Å². The maximum Gasteiger partial charge on any atom is 0.490 e. The van der Waals surface area contributed by atoms with E-state index in [2.05, 4.69) is 36.6 Å². The predicted octanol–water partition coefficient (Wildman–Crippen LogP) is 4.42. The molecular formula is C30H33ClF4N8O5. The van der Waals surface area contributed by atoms with Gasteiger partial charge in [0, 0.05) is 18.4 Å². The van der Waals surface area contributed by atoms with Crippen molar-refractivity contribution in [2.75, 3.05) is 43.6 Å². The molecule has 258 valence electrons. The van der Waals surface area contributed by atoms with Crippen LogP contribution in [0.1, 0.15) is 36.2 Å². The number of halogens is 5. The number of anilines is 5. The molecular weight excluding hydrogens is 664 g/mol. The molecule has 0 fully saturated rings. The molecule has 0 saturated carbocycles. The minimum atomic E-state index is -5.08. The van der Waals surface area contributed by atoms with Crippen molar-refractivity contribution in [3.05, 3.63) is 64.6 Å². The van der Waals surface area contributed by atoms with Crippen LogP contribution in [0.5, 0.6) is 0 Å². The summed E-state index contributed by atoms with van der Waals surface area (Å²) in [6.07, 6.45) is -3.32. The monoisotopic (exact) mass is 696 g/mol. The van der Waals surface area contributed by atoms with Crippen LogP contribution in [-0.2, 0) is 19.8 Å². The third-order valence-corrected chi connectivity index (χ3v) is 7.08. The number of alkyl halides is 3. The highest BCUT2D eigenvalue weighted by atomic mass is 35.5. The number of likely N-dealkylation sites (N-methyl/N-ethyl adjacent to an activating group) is 1. The fourth-order valence-corrected chi connectivity index (χ4v) is 4.77. The SMILES string of the molecule is CNC(=O)c1cccc(F)c1Nc1nc(Nc2ccc3c(c2)NC(=O)C(NC(=O)CN(C)C)CC3(C)C)ncc1Cl.O=C(O)C(F)(F)F. The molecule has 1 atom stereocenters. The lowest BCUT2D eigenvalue weighted by Crippen LogP contribution is -2.47. The lowest BCUT2D eigenvalue weighted by Gasteiger charge is -2.27. The number of carbonyl (C=O) groups is 4. The molecule has 0 radical (unpaired) electrons. The summed E-state index contributed by atoms with van der Waals surface area (Å²) in [6, 6.07) is 8.89. The summed E-state index contributed by atoms with van der Waals surface area (Å²) in [5, 5.41) is 21.4. The minimum Gasteiger partial charge on any atom is -0.475 e. The van der Waals surface area contributed by atoms with Gasteiger partial charge in [0.2, 0.25) is 17.8 Å². The van der Waals surface area contributed by atoms with Crippen molar-refractivity contribution in [1.29, 1.82) is 0 Å². The summed E-state index contributed by atoms with van der Waals surface area (Å²) in [7, 11) is 5.02. The number of para-hydroxylation sites is 1. The maximum atomic E-state index is 14.6. The Balaban J connectivity index is 0.000000804. The Morgan fingerprint density at radius 3 is 2.42 bits per heavy atom. The Hall–Kier alpha value is -5.03. The number of nitrogens with zero attached hydrogens (tertiary/aromatic N) is 3. The standard InChI is InChI=1S/C28H32ClFN8O3.C2HF3O2/c1-28(2)12-21(34-22(39)14-38(4)5)26(41)35-20-11-15(9-10-17(20)28)33-27-32-13-18(29)24(37-27)36-23-16(25(40)31-3)7-6-8-19(23)30;3-2(4,5)1(6)7/h6-11,13,21H,12,14H2,1-5H3,(H,31,40)(H,34,39)(H,35,41)(H2,32,33,36,37);(H,6,7). The molecule has 0 aliphatic carbocycles. The summed E-state index contributed by atoms with van der Waals surface area (Å²) in [5.74, 6) is -4.22. The van der Waals surface area contributed by atoms with Crippen LogP contribution >= 0.6 is 11.6 Å². The smallest absolute Gasteiger partial charge is 0.475 e. The molecule has 3 aromatic rings. The number of rotatable bonds is 8. The topological polar surface area (TPSA) is 178 Å². The number of fused-ring (bicyclic) bond motifs is 1. The number of amides is 3. The highest BCUT2D eigenvalue weighted by Gasteiger charge is 2.38. The highest BCUT2D eigenvalue weighted by molar-refractivity contribution is 6.33. The molecule has 1 aliphatic heterocycles. The third kappa shape index (κ3) is 9.74. The Bertz CT molecular complexity index is 1700. The molecule has 48 heavy (non-hydrogen) atoms. The summed E-state index contributed by atoms with van der Waals surface area (Å²) in [6.45, 7) is 4.20. The average molecular weight is 697 g/mol. The zero-order valence-corrected chi connectivity index (χ0v) is 27.1. The highest BCUT2D eigenvalue weighted by Crippen LogP contribution is 2.38. The quantitative estimate of drug-likeness (QED) is 0.185. The molecule has 0 spiro atoms. The summed E-state index contributed by atoms with van der Waals surface area (Å²) in [5.41, 5.74) is 1.63. The first kappa shape index (κ1) is 37.4. The second-order valence-electron chi connectivity index (χ2n) is 11.4. The molecule has 1 unspecified atom stereocenters. The molecule has 1 aliphatic rings. The molecule has 6 N–H and O–H groups in total. The second-order valence-corrected chi connectivity index (χ2v) is 11.8. The van der Waals surface area contributed by atoms with Gasteiger partial charge in [0.15, 0.2) is 5.82 Å². The van der Waals surface area contributed by atoms with Crippen molar-refractivity contribution in [2.24, 2.45) is 0 Å². The van der Waals surface area contributed by atoms with E-state index in [1.54, 1.807) is 25.1 Å². The molecule has 2 aromatic carbocycles. The van der Waals surface area contributed by atoms with E-state index in [4.69, 9.17) is 21.5 Å². The molecule has 18 heteroatoms. The lowest BCUT2D eigenvalue weighted by atomic mass is 9.79. The van der Waals surface area contributed by atoms with Crippen LogP contribution in [0.3, 0.4) is 0 Å². The second kappa shape index (κ2) is 15.2. The largest absolute Gasteiger partial charge is 0.490 e. The van der Waals surface area contributed by atoms with Gasteiger partial charge in [-0.15, -0.1) is 0 Å². The Labute approximate surface area is 277 Å². The third-order valence-electron chi connectivity index (χ3n) is 6.80. The molecule has 4 rings (SSSR count). The molecule has 0 saturated heterocycles. The summed E-state index contributed by atoms with van der Waals surface area (Å²) >= 11 is 6.29. The number of carbonyl (C=O) groups excluding carboxylic acids is 3. The van der Waals surface area contributed by atoms with Gasteiger partial charge in [-0.25, -0.2) is 14.2 Å². The van der Waals surface area contributed by atoms with Crippen LogP contribution in [0.2, 0.25) is 5.02 Å². The van der Waals surface area contributed by atoms with Crippen molar-refractivity contribution >= 4 is 64.1 Å². The van der Waals surface area contributed by atoms with Gasteiger partial charge in [0.1, 0.15) is 16.9 Å². The van der Waals surface area contributed by atoms with E-state index in [9.17, 15) is 31.9 Å². The van der Waals surface area contributed by atoms with Gasteiger partial charge in [0.05, 0.1) is 24.0 Å². The number of aromatic nitrogens is 2. The summed E-state index contributed by atoms with van der Waals surface area (Å²) < 4.78 is 46.4. The molecule has 1 aromatic heterocycles. The van der Waals surface area contributed by atoms with Crippen molar-refractivity contribution in [3.63, 3.8) is 0 Å². The van der Waals surface area contributed by atoms with Gasteiger partial charge < -0.3 is 36.6 Å². The number of nitrogens with one attached hydrogen (secondary N) is 5. The van der Waals surface area contributed by atoms with Crippen molar-refractivity contribution in [1.82, 2.24) is 25.5 Å². The number of carboxylic acid groups (broad SMARTS) is 1. The fraction of sp³-hybridized carbons (Fsp3) is 0.333. The number of hydrogen-bond donors (Lipinski definition) is 6. The number of hydrogen-bond acceptors (Lipinski definition) is 9. The van der Waals surface area contributed by atoms with E-state index < -0.39 is 35.3 Å². The number of carboxylic acids is 1. The Kier molecular flexibility index (Phi) is 11.9. The van der Waals surface area contributed by atoms with Crippen LogP contribution in [-0.4, -0.2) is 83.6 Å². The van der Waals surface area contributed by atoms with E-state index in [0.29, 0.717) is 17.8 Å². The fourth-order valence-electron chi connectivity index (χ4n) is 4.63. The first-order valence-electron chi connectivity index (χ1n) is 14.1. The van der Waals surface area contributed by atoms with Crippen molar-refractivity contribution < 1.29 is 41.8 Å². The molecule has 0 bridgehead atoms. The van der Waals surface area contributed by atoms with Crippen molar-refractivity contribution in [3.8, 4) is 0 Å². The summed E-state index contributed by atoms with van der Waals surface area (Å²) in [4.78, 5) is 56.9. The van der Waals surface area contributed by atoms with Crippen LogP contribution in [0.4, 0.5) is 46.4 Å². The van der Waals surface area contributed by atoms with Crippen LogP contribution < -0.4 is 26.6 Å². The van der Waals surface area contributed by atoms with Gasteiger partial charge in [-0.05, 0) is 55.8 Å². The van der Waals surface area contributed by atoms with E-state index in [0.717, 1.165) is 5.56 Å². The van der Waals surface area contributed by atoms with E-state index in [1.807, 2.05) is 26.0 Å². The van der Waals surface area contributed by atoms with Crippen LogP contribution in [0.25, 0.3) is 0 Å². The molecule has 3 amide bonds. The van der Waals surface area contributed by atoms with Gasteiger partial charge in [-0.2, -0.15) is 18.2 Å². The predicted molar refractivity (Wildman–Crippen MR) is 170 cm³/mol. The minimum absolute atomic E-state index is 0.0806. The lowest BCUT2D eigenvalue weighted by molar-refractivity contribution is -0.192. The first-order valence-corrected chi connectivity index (χ1v) is 14.5. The van der Waals surface area contributed by atoms with E-state index in [-0.39, 0.29) is 46.4 Å². The van der Waals surface area contributed by atoms with Crippen LogP contribution in [0, 0.1) is 5.82 Å². The van der Waals surface area contributed by atoms with Crippen LogP contribution in [0.15, 0.2) is 42.6 Å². The Morgan fingerprint density at radius 1 is 1.15 bits per heavy atom.